The van der Waals surface area contributed by atoms with Gasteiger partial charge in [0.1, 0.15) is 6.33 Å². The number of anilines is 1. The summed E-state index contributed by atoms with van der Waals surface area (Å²) >= 11 is 0. The molecular formula is C17H22ClN5O. The topological polar surface area (TPSA) is 82.7 Å². The maximum atomic E-state index is 12.5. The van der Waals surface area contributed by atoms with Gasteiger partial charge in [0.05, 0.1) is 6.04 Å². The van der Waals surface area contributed by atoms with E-state index in [1.807, 2.05) is 24.3 Å². The molecule has 7 heteroatoms. The van der Waals surface area contributed by atoms with E-state index in [1.165, 1.54) is 32.0 Å². The van der Waals surface area contributed by atoms with E-state index in [9.17, 15) is 4.79 Å². The molecule has 2 heterocycles. The van der Waals surface area contributed by atoms with E-state index in [2.05, 4.69) is 25.8 Å². The summed E-state index contributed by atoms with van der Waals surface area (Å²) < 4.78 is 0. The van der Waals surface area contributed by atoms with E-state index < -0.39 is 0 Å². The van der Waals surface area contributed by atoms with Gasteiger partial charge in [0.2, 0.25) is 5.91 Å². The first-order valence-corrected chi connectivity index (χ1v) is 8.32. The normalized spacial score (nSPS) is 25.6. The number of fused-ring (bicyclic) bond motifs is 1. The number of hydrogen-bond donors (Lipinski definition) is 3. The zero-order chi connectivity index (χ0) is 15.6. The molecule has 1 aliphatic carbocycles. The van der Waals surface area contributed by atoms with Gasteiger partial charge in [0.25, 0.3) is 0 Å². The number of hydrogen-bond acceptors (Lipinski definition) is 4. The lowest BCUT2D eigenvalue weighted by Gasteiger charge is -2.24. The lowest BCUT2D eigenvalue weighted by Crippen LogP contribution is -2.39. The maximum Gasteiger partial charge on any atom is 0.241 e. The van der Waals surface area contributed by atoms with E-state index >= 15 is 0 Å². The Morgan fingerprint density at radius 2 is 1.96 bits per heavy atom. The molecule has 6 nitrogen and oxygen atoms in total. The van der Waals surface area contributed by atoms with Crippen LogP contribution in [0.25, 0.3) is 11.4 Å². The van der Waals surface area contributed by atoms with Crippen molar-refractivity contribution in [2.45, 2.75) is 44.2 Å². The van der Waals surface area contributed by atoms with Crippen LogP contribution in [-0.4, -0.2) is 33.2 Å². The molecule has 1 saturated heterocycles. The lowest BCUT2D eigenvalue weighted by molar-refractivity contribution is -0.117. The number of carbonyl (C=O) groups excluding carboxylic acids is 1. The average molecular weight is 348 g/mol. The zero-order valence-electron chi connectivity index (χ0n) is 13.4. The summed E-state index contributed by atoms with van der Waals surface area (Å²) in [5.74, 6) is 1.48. The van der Waals surface area contributed by atoms with E-state index in [0.29, 0.717) is 12.0 Å². The van der Waals surface area contributed by atoms with Gasteiger partial charge < -0.3 is 10.6 Å². The quantitative estimate of drug-likeness (QED) is 0.797. The number of aromatic amines is 1. The van der Waals surface area contributed by atoms with Crippen molar-refractivity contribution in [2.24, 2.45) is 5.92 Å². The van der Waals surface area contributed by atoms with Gasteiger partial charge in [0, 0.05) is 17.3 Å². The first kappa shape index (κ1) is 16.9. The Bertz CT molecular complexity index is 659. The maximum absolute atomic E-state index is 12.5. The van der Waals surface area contributed by atoms with Gasteiger partial charge in [0.15, 0.2) is 5.82 Å². The molecule has 1 aliphatic heterocycles. The summed E-state index contributed by atoms with van der Waals surface area (Å²) in [4.78, 5) is 16.6. The van der Waals surface area contributed by atoms with E-state index in [4.69, 9.17) is 0 Å². The highest BCUT2D eigenvalue weighted by Crippen LogP contribution is 2.33. The van der Waals surface area contributed by atoms with Crippen LogP contribution < -0.4 is 10.6 Å². The summed E-state index contributed by atoms with van der Waals surface area (Å²) in [5.41, 5.74) is 1.76. The molecule has 128 valence electrons. The molecule has 1 aromatic heterocycles. The molecule has 24 heavy (non-hydrogen) atoms. The Balaban J connectivity index is 0.00000169. The number of amides is 1. The molecule has 1 saturated carbocycles. The molecule has 3 unspecified atom stereocenters. The predicted octanol–water partition coefficient (Wildman–Crippen LogP) is 2.75. The molecule has 2 aromatic rings. The Kier molecular flexibility index (Phi) is 5.16. The van der Waals surface area contributed by atoms with E-state index in [1.54, 1.807) is 0 Å². The minimum Gasteiger partial charge on any atom is -0.325 e. The minimum atomic E-state index is -0.0583. The van der Waals surface area contributed by atoms with Gasteiger partial charge >= 0.3 is 0 Å². The second-order valence-electron chi connectivity index (χ2n) is 6.51. The second kappa shape index (κ2) is 7.32. The number of nitrogens with one attached hydrogen (secondary N) is 3. The van der Waals surface area contributed by atoms with Crippen molar-refractivity contribution in [2.75, 3.05) is 5.32 Å². The van der Waals surface area contributed by atoms with Crippen LogP contribution in [0.2, 0.25) is 0 Å². The number of rotatable bonds is 3. The minimum absolute atomic E-state index is 0. The SMILES string of the molecule is Cl.O=C(Nc1ccc(-c2ncn[nH]2)cc1)C1CC2CCCCC2N1. The van der Waals surface area contributed by atoms with Crippen molar-refractivity contribution in [1.29, 1.82) is 0 Å². The van der Waals surface area contributed by atoms with Gasteiger partial charge in [-0.2, -0.15) is 5.10 Å². The Labute approximate surface area is 147 Å². The van der Waals surface area contributed by atoms with Gasteiger partial charge in [-0.15, -0.1) is 12.4 Å². The monoisotopic (exact) mass is 347 g/mol. The fourth-order valence-corrected chi connectivity index (χ4v) is 3.81. The number of aromatic nitrogens is 3. The number of carbonyl (C=O) groups is 1. The molecule has 1 aromatic carbocycles. The van der Waals surface area contributed by atoms with Crippen molar-refractivity contribution in [3.8, 4) is 11.4 Å². The summed E-state index contributed by atoms with van der Waals surface area (Å²) in [7, 11) is 0. The molecule has 0 spiro atoms. The van der Waals surface area contributed by atoms with Gasteiger partial charge in [-0.05, 0) is 49.4 Å². The molecule has 4 rings (SSSR count). The number of H-pyrrole nitrogens is 1. The van der Waals surface area contributed by atoms with Crippen molar-refractivity contribution in [3.63, 3.8) is 0 Å². The summed E-state index contributed by atoms with van der Waals surface area (Å²) in [5, 5.41) is 13.2. The molecule has 3 atom stereocenters. The Morgan fingerprint density at radius 1 is 1.17 bits per heavy atom. The van der Waals surface area contributed by atoms with Crippen molar-refractivity contribution in [1.82, 2.24) is 20.5 Å². The molecule has 0 radical (unpaired) electrons. The van der Waals surface area contributed by atoms with Gasteiger partial charge in [-0.25, -0.2) is 4.98 Å². The van der Waals surface area contributed by atoms with Crippen molar-refractivity contribution >= 4 is 24.0 Å². The first-order chi connectivity index (χ1) is 11.3. The van der Waals surface area contributed by atoms with Crippen LogP contribution in [-0.2, 0) is 4.79 Å². The van der Waals surface area contributed by atoms with Crippen molar-refractivity contribution in [3.05, 3.63) is 30.6 Å². The predicted molar refractivity (Wildman–Crippen MR) is 95.0 cm³/mol. The third-order valence-electron chi connectivity index (χ3n) is 5.02. The lowest BCUT2D eigenvalue weighted by atomic mass is 9.85. The highest BCUT2D eigenvalue weighted by molar-refractivity contribution is 5.95. The van der Waals surface area contributed by atoms with Crippen LogP contribution in [0.15, 0.2) is 30.6 Å². The van der Waals surface area contributed by atoms with Crippen LogP contribution in [0, 0.1) is 5.92 Å². The third kappa shape index (κ3) is 3.44. The first-order valence-electron chi connectivity index (χ1n) is 8.32. The smallest absolute Gasteiger partial charge is 0.241 e. The van der Waals surface area contributed by atoms with Crippen LogP contribution in [0.4, 0.5) is 5.69 Å². The third-order valence-corrected chi connectivity index (χ3v) is 5.02. The van der Waals surface area contributed by atoms with Crippen LogP contribution in [0.1, 0.15) is 32.1 Å². The molecule has 3 N–H and O–H groups in total. The summed E-state index contributed by atoms with van der Waals surface area (Å²) in [6, 6.07) is 8.14. The van der Waals surface area contributed by atoms with E-state index in [0.717, 1.165) is 23.5 Å². The van der Waals surface area contributed by atoms with Gasteiger partial charge in [-0.1, -0.05) is 12.8 Å². The molecular weight excluding hydrogens is 326 g/mol. The van der Waals surface area contributed by atoms with Crippen LogP contribution in [0.3, 0.4) is 0 Å². The average Bonchev–Trinajstić information content (AvgIpc) is 3.25. The fraction of sp³-hybridized carbons (Fsp3) is 0.471. The molecule has 1 amide bonds. The Hall–Kier alpha value is -1.92. The zero-order valence-corrected chi connectivity index (χ0v) is 14.2. The number of benzene rings is 1. The fourth-order valence-electron chi connectivity index (χ4n) is 3.81. The summed E-state index contributed by atoms with van der Waals surface area (Å²) in [6.07, 6.45) is 7.50. The largest absolute Gasteiger partial charge is 0.325 e. The second-order valence-corrected chi connectivity index (χ2v) is 6.51. The highest BCUT2D eigenvalue weighted by Gasteiger charge is 2.38. The number of halogens is 1. The molecule has 2 fully saturated rings. The van der Waals surface area contributed by atoms with Crippen LogP contribution in [0.5, 0.6) is 0 Å². The van der Waals surface area contributed by atoms with E-state index in [-0.39, 0.29) is 24.4 Å². The van der Waals surface area contributed by atoms with Crippen LogP contribution >= 0.6 is 12.4 Å². The highest BCUT2D eigenvalue weighted by atomic mass is 35.5. The standard InChI is InChI=1S/C17H21N5O.ClH/c23-17(15-9-12-3-1-2-4-14(12)21-15)20-13-7-5-11(6-8-13)16-18-10-19-22-16;/h5-8,10,12,14-15,21H,1-4,9H2,(H,20,23)(H,18,19,22);1H. The molecule has 0 bridgehead atoms. The molecule has 2 aliphatic rings. The number of nitrogens with zero attached hydrogens (tertiary/aromatic N) is 2. The van der Waals surface area contributed by atoms with Crippen molar-refractivity contribution < 1.29 is 4.79 Å². The van der Waals surface area contributed by atoms with Gasteiger partial charge in [-0.3, -0.25) is 9.89 Å². The Morgan fingerprint density at radius 3 is 2.67 bits per heavy atom. The summed E-state index contributed by atoms with van der Waals surface area (Å²) in [6.45, 7) is 0.